The van der Waals surface area contributed by atoms with E-state index in [0.717, 1.165) is 16.9 Å². The maximum Gasteiger partial charge on any atom is 0.242 e. The van der Waals surface area contributed by atoms with Gasteiger partial charge in [0.25, 0.3) is 0 Å². The van der Waals surface area contributed by atoms with Crippen LogP contribution in [-0.4, -0.2) is 41.1 Å². The van der Waals surface area contributed by atoms with Gasteiger partial charge in [0.2, 0.25) is 11.8 Å². The molecule has 0 fully saturated rings. The summed E-state index contributed by atoms with van der Waals surface area (Å²) in [5.41, 5.74) is 1.16. The number of hydrogen-bond acceptors (Lipinski definition) is 3. The van der Waals surface area contributed by atoms with Gasteiger partial charge in [0, 0.05) is 34.7 Å². The molecule has 0 aliphatic heterocycles. The van der Waals surface area contributed by atoms with Crippen LogP contribution in [0, 0.1) is 0 Å². The lowest BCUT2D eigenvalue weighted by atomic mass is 10.1. The van der Waals surface area contributed by atoms with Crippen molar-refractivity contribution in [2.45, 2.75) is 57.0 Å². The topological polar surface area (TPSA) is 49.4 Å². The average Bonchev–Trinajstić information content (AvgIpc) is 2.72. The van der Waals surface area contributed by atoms with Crippen LogP contribution in [0.1, 0.15) is 39.2 Å². The van der Waals surface area contributed by atoms with Gasteiger partial charge >= 0.3 is 0 Å². The van der Waals surface area contributed by atoms with Gasteiger partial charge in [-0.15, -0.1) is 11.8 Å². The van der Waals surface area contributed by atoms with Gasteiger partial charge in [0.1, 0.15) is 6.04 Å². The Morgan fingerprint density at radius 3 is 2.33 bits per heavy atom. The van der Waals surface area contributed by atoms with E-state index in [9.17, 15) is 9.59 Å². The van der Waals surface area contributed by atoms with Crippen LogP contribution in [0.3, 0.4) is 0 Å². The predicted octanol–water partition coefficient (Wildman–Crippen LogP) is 5.20. The Morgan fingerprint density at radius 2 is 1.73 bits per heavy atom. The number of halogens is 1. The minimum Gasteiger partial charge on any atom is -0.352 e. The molecule has 2 rings (SSSR count). The molecule has 1 atom stereocenters. The van der Waals surface area contributed by atoms with Gasteiger partial charge < -0.3 is 10.2 Å². The third kappa shape index (κ3) is 8.04. The van der Waals surface area contributed by atoms with Gasteiger partial charge in [-0.2, -0.15) is 0 Å². The Labute approximate surface area is 189 Å². The summed E-state index contributed by atoms with van der Waals surface area (Å²) in [5, 5.41) is 3.66. The minimum absolute atomic E-state index is 0.0122. The van der Waals surface area contributed by atoms with Crippen molar-refractivity contribution in [1.29, 1.82) is 0 Å². The molecule has 0 saturated carbocycles. The maximum atomic E-state index is 13.1. The molecule has 0 saturated heterocycles. The predicted molar refractivity (Wildman–Crippen MR) is 126 cm³/mol. The molecule has 0 aliphatic carbocycles. The van der Waals surface area contributed by atoms with E-state index in [4.69, 9.17) is 11.6 Å². The summed E-state index contributed by atoms with van der Waals surface area (Å²) in [4.78, 5) is 28.7. The first-order chi connectivity index (χ1) is 14.4. The molecule has 0 aromatic heterocycles. The molecule has 30 heavy (non-hydrogen) atoms. The summed E-state index contributed by atoms with van der Waals surface area (Å²) >= 11 is 7.55. The molecular weight excluding hydrogens is 416 g/mol. The molecule has 6 heteroatoms. The van der Waals surface area contributed by atoms with Crippen molar-refractivity contribution in [3.05, 3.63) is 65.2 Å². The number of nitrogens with zero attached hydrogens (tertiary/aromatic N) is 1. The molecule has 0 spiro atoms. The fourth-order valence-corrected chi connectivity index (χ4v) is 4.17. The van der Waals surface area contributed by atoms with Crippen LogP contribution in [0.25, 0.3) is 0 Å². The molecule has 1 N–H and O–H groups in total. The smallest absolute Gasteiger partial charge is 0.242 e. The SMILES string of the molecule is CC[C@@H](C(=O)NC(C)C)N(CCc1ccccc1)C(=O)CCSc1ccc(Cl)cc1. The van der Waals surface area contributed by atoms with E-state index in [0.29, 0.717) is 30.2 Å². The summed E-state index contributed by atoms with van der Waals surface area (Å²) in [6, 6.07) is 17.3. The highest BCUT2D eigenvalue weighted by Gasteiger charge is 2.28. The maximum absolute atomic E-state index is 13.1. The molecule has 0 aliphatic rings. The highest BCUT2D eigenvalue weighted by molar-refractivity contribution is 7.99. The lowest BCUT2D eigenvalue weighted by Gasteiger charge is -2.31. The van der Waals surface area contributed by atoms with Crippen molar-refractivity contribution in [1.82, 2.24) is 10.2 Å². The van der Waals surface area contributed by atoms with Crippen molar-refractivity contribution >= 4 is 35.2 Å². The molecule has 2 aromatic rings. The summed E-state index contributed by atoms with van der Waals surface area (Å²) in [6.07, 6.45) is 1.69. The van der Waals surface area contributed by atoms with Crippen LogP contribution in [0.4, 0.5) is 0 Å². The Balaban J connectivity index is 2.04. The summed E-state index contributed by atoms with van der Waals surface area (Å²) < 4.78 is 0. The van der Waals surface area contributed by atoms with Crippen LogP contribution in [-0.2, 0) is 16.0 Å². The second kappa shape index (κ2) is 12.7. The molecule has 4 nitrogen and oxygen atoms in total. The standard InChI is InChI=1S/C24H31ClN2O2S/c1-4-22(24(29)26-18(2)3)27(16-14-19-8-6-5-7-9-19)23(28)15-17-30-21-12-10-20(25)11-13-21/h5-13,18,22H,4,14-17H2,1-3H3,(H,26,29)/t22-/m0/s1. The first kappa shape index (κ1) is 24.3. The Bertz CT molecular complexity index is 797. The van der Waals surface area contributed by atoms with Crippen LogP contribution >= 0.6 is 23.4 Å². The normalized spacial score (nSPS) is 11.9. The minimum atomic E-state index is -0.454. The van der Waals surface area contributed by atoms with Gasteiger partial charge in [-0.1, -0.05) is 48.9 Å². The van der Waals surface area contributed by atoms with Crippen molar-refractivity contribution in [3.63, 3.8) is 0 Å². The van der Waals surface area contributed by atoms with Gasteiger partial charge in [0.05, 0.1) is 0 Å². The zero-order chi connectivity index (χ0) is 21.9. The zero-order valence-corrected chi connectivity index (χ0v) is 19.5. The van der Waals surface area contributed by atoms with E-state index < -0.39 is 6.04 Å². The molecular formula is C24H31ClN2O2S. The molecule has 0 unspecified atom stereocenters. The first-order valence-electron chi connectivity index (χ1n) is 10.4. The monoisotopic (exact) mass is 446 g/mol. The lowest BCUT2D eigenvalue weighted by Crippen LogP contribution is -2.51. The summed E-state index contributed by atoms with van der Waals surface area (Å²) in [7, 11) is 0. The molecule has 0 radical (unpaired) electrons. The van der Waals surface area contributed by atoms with E-state index in [1.807, 2.05) is 75.4 Å². The average molecular weight is 447 g/mol. The zero-order valence-electron chi connectivity index (χ0n) is 17.9. The fraction of sp³-hybridized carbons (Fsp3) is 0.417. The first-order valence-corrected chi connectivity index (χ1v) is 11.8. The van der Waals surface area contributed by atoms with E-state index >= 15 is 0 Å². The number of rotatable bonds is 11. The number of amides is 2. The number of benzene rings is 2. The van der Waals surface area contributed by atoms with Gasteiger partial charge in [-0.3, -0.25) is 9.59 Å². The van der Waals surface area contributed by atoms with Crippen LogP contribution in [0.5, 0.6) is 0 Å². The van der Waals surface area contributed by atoms with E-state index in [1.165, 1.54) is 0 Å². The van der Waals surface area contributed by atoms with Crippen molar-refractivity contribution in [2.24, 2.45) is 0 Å². The highest BCUT2D eigenvalue weighted by atomic mass is 35.5. The van der Waals surface area contributed by atoms with Crippen molar-refractivity contribution in [3.8, 4) is 0 Å². The fourth-order valence-electron chi connectivity index (χ4n) is 3.21. The quantitative estimate of drug-likeness (QED) is 0.483. The number of nitrogens with one attached hydrogen (secondary N) is 1. The van der Waals surface area contributed by atoms with Gasteiger partial charge in [0.15, 0.2) is 0 Å². The molecule has 2 aromatic carbocycles. The Hall–Kier alpha value is -1.98. The van der Waals surface area contributed by atoms with Gasteiger partial charge in [-0.05, 0) is 56.5 Å². The summed E-state index contributed by atoms with van der Waals surface area (Å²) in [6.45, 7) is 6.35. The molecule has 0 heterocycles. The lowest BCUT2D eigenvalue weighted by molar-refractivity contribution is -0.140. The second-order valence-corrected chi connectivity index (χ2v) is 9.07. The van der Waals surface area contributed by atoms with Gasteiger partial charge in [-0.25, -0.2) is 0 Å². The third-order valence-corrected chi connectivity index (χ3v) is 5.97. The molecule has 162 valence electrons. The number of hydrogen-bond donors (Lipinski definition) is 1. The molecule has 2 amide bonds. The van der Waals surface area contributed by atoms with Crippen molar-refractivity contribution in [2.75, 3.05) is 12.3 Å². The van der Waals surface area contributed by atoms with E-state index in [2.05, 4.69) is 5.32 Å². The second-order valence-electron chi connectivity index (χ2n) is 7.46. The Morgan fingerprint density at radius 1 is 1.07 bits per heavy atom. The number of carbonyl (C=O) groups is 2. The van der Waals surface area contributed by atoms with Crippen LogP contribution in [0.2, 0.25) is 5.02 Å². The number of carbonyl (C=O) groups excluding carboxylic acids is 2. The van der Waals surface area contributed by atoms with E-state index in [-0.39, 0.29) is 17.9 Å². The van der Waals surface area contributed by atoms with Crippen molar-refractivity contribution < 1.29 is 9.59 Å². The summed E-state index contributed by atoms with van der Waals surface area (Å²) in [5.74, 6) is 0.585. The van der Waals surface area contributed by atoms with Crippen LogP contribution in [0.15, 0.2) is 59.5 Å². The molecule has 0 bridgehead atoms. The van der Waals surface area contributed by atoms with Crippen LogP contribution < -0.4 is 5.32 Å². The number of thioether (sulfide) groups is 1. The largest absolute Gasteiger partial charge is 0.352 e. The highest BCUT2D eigenvalue weighted by Crippen LogP contribution is 2.22. The Kier molecular flexibility index (Phi) is 10.2. The third-order valence-electron chi connectivity index (χ3n) is 4.70. The van der Waals surface area contributed by atoms with E-state index in [1.54, 1.807) is 16.7 Å².